The lowest BCUT2D eigenvalue weighted by Gasteiger charge is -2.22. The number of amides is 2. The van der Waals surface area contributed by atoms with Gasteiger partial charge in [-0.05, 0) is 37.8 Å². The first kappa shape index (κ1) is 16.3. The highest BCUT2D eigenvalue weighted by Crippen LogP contribution is 2.26. The molecule has 1 saturated carbocycles. The van der Waals surface area contributed by atoms with Crippen LogP contribution in [0.25, 0.3) is 0 Å². The zero-order valence-electron chi connectivity index (χ0n) is 13.0. The molecule has 0 aromatic carbocycles. The number of carbonyl (C=O) groups excluding carboxylic acids is 2. The van der Waals surface area contributed by atoms with E-state index in [1.54, 1.807) is 19.1 Å². The largest absolute Gasteiger partial charge is 0.384 e. The summed E-state index contributed by atoms with van der Waals surface area (Å²) >= 11 is 0. The van der Waals surface area contributed by atoms with E-state index in [1.165, 1.54) is 25.5 Å². The van der Waals surface area contributed by atoms with Crippen LogP contribution in [0.3, 0.4) is 0 Å². The molecule has 2 rings (SSSR count). The summed E-state index contributed by atoms with van der Waals surface area (Å²) in [5.74, 6) is 0.547. The van der Waals surface area contributed by atoms with E-state index in [0.29, 0.717) is 23.8 Å². The van der Waals surface area contributed by atoms with Gasteiger partial charge >= 0.3 is 0 Å². The van der Waals surface area contributed by atoms with Gasteiger partial charge in [-0.2, -0.15) is 0 Å². The monoisotopic (exact) mass is 304 g/mol. The van der Waals surface area contributed by atoms with Gasteiger partial charge in [0.15, 0.2) is 0 Å². The lowest BCUT2D eigenvalue weighted by molar-refractivity contribution is -0.126. The van der Waals surface area contributed by atoms with Crippen molar-refractivity contribution >= 4 is 23.3 Å². The maximum atomic E-state index is 12.0. The number of hydrogen-bond acceptors (Lipinski definition) is 4. The zero-order valence-corrected chi connectivity index (χ0v) is 13.0. The highest BCUT2D eigenvalue weighted by Gasteiger charge is 2.20. The molecular weight excluding hydrogens is 280 g/mol. The molecule has 120 valence electrons. The number of rotatable bonds is 5. The van der Waals surface area contributed by atoms with Crippen LogP contribution in [0.2, 0.25) is 0 Å². The van der Waals surface area contributed by atoms with E-state index in [-0.39, 0.29) is 11.8 Å². The molecule has 1 aromatic rings. The van der Waals surface area contributed by atoms with Crippen LogP contribution in [-0.4, -0.2) is 22.8 Å². The molecule has 1 atom stereocenters. The van der Waals surface area contributed by atoms with Gasteiger partial charge in [0.2, 0.25) is 11.8 Å². The van der Waals surface area contributed by atoms with E-state index >= 15 is 0 Å². The Labute approximate surface area is 130 Å². The molecule has 0 radical (unpaired) electrons. The van der Waals surface area contributed by atoms with E-state index < -0.39 is 6.04 Å². The van der Waals surface area contributed by atoms with Crippen LogP contribution in [0.15, 0.2) is 18.3 Å². The Morgan fingerprint density at radius 3 is 2.68 bits per heavy atom. The van der Waals surface area contributed by atoms with Gasteiger partial charge in [0, 0.05) is 6.42 Å². The fourth-order valence-electron chi connectivity index (χ4n) is 2.75. The number of nitrogens with zero attached hydrogens (tertiary/aromatic N) is 1. The van der Waals surface area contributed by atoms with E-state index in [0.717, 1.165) is 12.8 Å². The molecule has 1 aliphatic rings. The maximum Gasteiger partial charge on any atom is 0.246 e. The maximum absolute atomic E-state index is 12.0. The van der Waals surface area contributed by atoms with Crippen LogP contribution in [0.1, 0.15) is 45.4 Å². The minimum absolute atomic E-state index is 0.0509. The van der Waals surface area contributed by atoms with Crippen molar-refractivity contribution < 1.29 is 9.59 Å². The fraction of sp³-hybridized carbons (Fsp3) is 0.562. The second-order valence-corrected chi connectivity index (χ2v) is 5.96. The molecule has 0 aliphatic heterocycles. The van der Waals surface area contributed by atoms with Crippen molar-refractivity contribution in [2.45, 2.75) is 51.5 Å². The number of carbonyl (C=O) groups is 2. The molecular formula is C16H24N4O2. The first-order valence-electron chi connectivity index (χ1n) is 7.86. The van der Waals surface area contributed by atoms with Crippen LogP contribution in [-0.2, 0) is 9.59 Å². The first-order valence-corrected chi connectivity index (χ1v) is 7.86. The van der Waals surface area contributed by atoms with Gasteiger partial charge in [-0.25, -0.2) is 4.98 Å². The van der Waals surface area contributed by atoms with Gasteiger partial charge in [-0.1, -0.05) is 19.3 Å². The van der Waals surface area contributed by atoms with Crippen molar-refractivity contribution in [3.63, 3.8) is 0 Å². The van der Waals surface area contributed by atoms with Crippen molar-refractivity contribution in [2.24, 2.45) is 5.92 Å². The van der Waals surface area contributed by atoms with Crippen LogP contribution < -0.4 is 16.4 Å². The van der Waals surface area contributed by atoms with E-state index in [9.17, 15) is 9.59 Å². The summed E-state index contributed by atoms with van der Waals surface area (Å²) in [5.41, 5.74) is 6.05. The van der Waals surface area contributed by atoms with Crippen LogP contribution in [0.5, 0.6) is 0 Å². The average molecular weight is 304 g/mol. The molecule has 1 unspecified atom stereocenters. The van der Waals surface area contributed by atoms with Crippen molar-refractivity contribution in [1.29, 1.82) is 0 Å². The number of nitrogens with one attached hydrogen (secondary N) is 2. The number of nitrogens with two attached hydrogens (primary N) is 1. The highest BCUT2D eigenvalue weighted by molar-refractivity contribution is 5.96. The van der Waals surface area contributed by atoms with Crippen LogP contribution in [0, 0.1) is 5.92 Å². The number of anilines is 2. The third-order valence-corrected chi connectivity index (χ3v) is 4.02. The number of pyridine rings is 1. The highest BCUT2D eigenvalue weighted by atomic mass is 16.2. The van der Waals surface area contributed by atoms with E-state index in [4.69, 9.17) is 5.73 Å². The van der Waals surface area contributed by atoms with Crippen molar-refractivity contribution in [3.05, 3.63) is 18.3 Å². The second-order valence-electron chi connectivity index (χ2n) is 5.96. The quantitative estimate of drug-likeness (QED) is 0.775. The summed E-state index contributed by atoms with van der Waals surface area (Å²) in [4.78, 5) is 27.9. The smallest absolute Gasteiger partial charge is 0.246 e. The topological polar surface area (TPSA) is 97.1 Å². The van der Waals surface area contributed by atoms with Gasteiger partial charge in [-0.15, -0.1) is 0 Å². The third kappa shape index (κ3) is 5.02. The zero-order chi connectivity index (χ0) is 15.9. The van der Waals surface area contributed by atoms with E-state index in [2.05, 4.69) is 15.6 Å². The van der Waals surface area contributed by atoms with Crippen LogP contribution >= 0.6 is 0 Å². The van der Waals surface area contributed by atoms with Crippen molar-refractivity contribution in [3.8, 4) is 0 Å². The lowest BCUT2D eigenvalue weighted by atomic mass is 9.87. The molecule has 0 spiro atoms. The molecule has 2 amide bonds. The Kier molecular flexibility index (Phi) is 5.75. The normalized spacial score (nSPS) is 16.8. The molecule has 1 heterocycles. The molecule has 0 saturated heterocycles. The van der Waals surface area contributed by atoms with Gasteiger partial charge in [0.05, 0.1) is 11.9 Å². The second kappa shape index (κ2) is 7.77. The minimum Gasteiger partial charge on any atom is -0.384 e. The molecule has 6 heteroatoms. The first-order chi connectivity index (χ1) is 10.5. The number of aromatic nitrogens is 1. The number of nitrogen functional groups attached to an aromatic ring is 1. The van der Waals surface area contributed by atoms with Crippen LogP contribution in [0.4, 0.5) is 11.5 Å². The molecule has 1 aromatic heterocycles. The summed E-state index contributed by atoms with van der Waals surface area (Å²) in [6.45, 7) is 1.68. The molecule has 22 heavy (non-hydrogen) atoms. The predicted octanol–water partition coefficient (Wildman–Crippen LogP) is 2.08. The number of hydrogen-bond donors (Lipinski definition) is 3. The van der Waals surface area contributed by atoms with Gasteiger partial charge in [-0.3, -0.25) is 9.59 Å². The Bertz CT molecular complexity index is 509. The molecule has 0 bridgehead atoms. The molecule has 4 N–H and O–H groups in total. The Morgan fingerprint density at radius 2 is 2.05 bits per heavy atom. The summed E-state index contributed by atoms with van der Waals surface area (Å²) in [6, 6.07) is 2.72. The van der Waals surface area contributed by atoms with Crippen molar-refractivity contribution in [1.82, 2.24) is 10.3 Å². The Morgan fingerprint density at radius 1 is 1.32 bits per heavy atom. The standard InChI is InChI=1S/C16H24N4O2/c1-11(16(22)20-13-7-8-14(17)18-10-13)19-15(21)9-12-5-3-2-4-6-12/h7-8,10-12H,2-6,9H2,1H3,(H2,17,18)(H,19,21)(H,20,22). The molecule has 1 aliphatic carbocycles. The Hall–Kier alpha value is -2.11. The van der Waals surface area contributed by atoms with Gasteiger partial charge in [0.25, 0.3) is 0 Å². The summed E-state index contributed by atoms with van der Waals surface area (Å²) in [6.07, 6.45) is 7.92. The summed E-state index contributed by atoms with van der Waals surface area (Å²) in [7, 11) is 0. The van der Waals surface area contributed by atoms with E-state index in [1.807, 2.05) is 0 Å². The molecule has 1 fully saturated rings. The lowest BCUT2D eigenvalue weighted by Crippen LogP contribution is -2.42. The van der Waals surface area contributed by atoms with Gasteiger partial charge in [0.1, 0.15) is 11.9 Å². The fourth-order valence-corrected chi connectivity index (χ4v) is 2.75. The van der Waals surface area contributed by atoms with Gasteiger partial charge < -0.3 is 16.4 Å². The summed E-state index contributed by atoms with van der Waals surface area (Å²) in [5, 5.41) is 5.47. The predicted molar refractivity (Wildman–Crippen MR) is 86.1 cm³/mol. The minimum atomic E-state index is -0.575. The average Bonchev–Trinajstić information content (AvgIpc) is 2.50. The van der Waals surface area contributed by atoms with Crippen molar-refractivity contribution in [2.75, 3.05) is 11.1 Å². The summed E-state index contributed by atoms with van der Waals surface area (Å²) < 4.78 is 0. The Balaban J connectivity index is 1.77. The third-order valence-electron chi connectivity index (χ3n) is 4.02. The SMILES string of the molecule is CC(NC(=O)CC1CCCCC1)C(=O)Nc1ccc(N)nc1. The molecule has 6 nitrogen and oxygen atoms in total.